The molecule has 0 aliphatic carbocycles. The Kier molecular flexibility index (Phi) is 4.13. The smallest absolute Gasteiger partial charge is 0.122 e. The maximum atomic E-state index is 10.7. The van der Waals surface area contributed by atoms with Gasteiger partial charge in [-0.05, 0) is 37.8 Å². The molecule has 0 radical (unpaired) electrons. The molecule has 2 aliphatic rings. The van der Waals surface area contributed by atoms with Gasteiger partial charge < -0.3 is 14.6 Å². The van der Waals surface area contributed by atoms with Crippen LogP contribution in [0.4, 0.5) is 0 Å². The lowest BCUT2D eigenvalue weighted by Crippen LogP contribution is -2.38. The molecule has 2 unspecified atom stereocenters. The van der Waals surface area contributed by atoms with Crippen molar-refractivity contribution in [3.05, 3.63) is 24.3 Å². The van der Waals surface area contributed by atoms with Crippen LogP contribution in [-0.2, 0) is 0 Å². The topological polar surface area (TPSA) is 38.7 Å². The van der Waals surface area contributed by atoms with E-state index in [1.54, 1.807) is 7.11 Å². The molecule has 2 heterocycles. The van der Waals surface area contributed by atoms with Gasteiger partial charge in [-0.1, -0.05) is 6.07 Å². The predicted molar refractivity (Wildman–Crippen MR) is 81.7 cm³/mol. The van der Waals surface area contributed by atoms with E-state index in [4.69, 9.17) is 9.47 Å². The van der Waals surface area contributed by atoms with Crippen molar-refractivity contribution < 1.29 is 14.6 Å². The summed E-state index contributed by atoms with van der Waals surface area (Å²) in [5, 5.41) is 12.0. The van der Waals surface area contributed by atoms with Crippen LogP contribution < -0.4 is 9.47 Å². The first kappa shape index (κ1) is 14.1. The summed E-state index contributed by atoms with van der Waals surface area (Å²) in [6.45, 7) is 0.563. The summed E-state index contributed by atoms with van der Waals surface area (Å²) in [4.78, 5) is 0. The largest absolute Gasteiger partial charge is 0.497 e. The highest BCUT2D eigenvalue weighted by molar-refractivity contribution is 8.00. The van der Waals surface area contributed by atoms with Crippen LogP contribution in [0.25, 0.3) is 0 Å². The molecule has 0 aromatic heterocycles. The Balaban J connectivity index is 1.51. The van der Waals surface area contributed by atoms with Crippen molar-refractivity contribution in [2.24, 2.45) is 0 Å². The van der Waals surface area contributed by atoms with E-state index < -0.39 is 5.60 Å². The Bertz CT molecular complexity index is 451. The maximum Gasteiger partial charge on any atom is 0.122 e. The van der Waals surface area contributed by atoms with Gasteiger partial charge >= 0.3 is 0 Å². The molecule has 2 fully saturated rings. The molecule has 0 spiro atoms. The average Bonchev–Trinajstić information content (AvgIpc) is 2.79. The van der Waals surface area contributed by atoms with Crippen LogP contribution in [0.15, 0.2) is 24.3 Å². The number of ether oxygens (including phenoxy) is 2. The Labute approximate surface area is 124 Å². The van der Waals surface area contributed by atoms with Gasteiger partial charge in [0, 0.05) is 23.0 Å². The number of rotatable bonds is 5. The highest BCUT2D eigenvalue weighted by atomic mass is 32.2. The third-order valence-corrected chi connectivity index (χ3v) is 5.86. The van der Waals surface area contributed by atoms with Crippen LogP contribution in [0.5, 0.6) is 11.5 Å². The van der Waals surface area contributed by atoms with E-state index in [1.165, 1.54) is 12.8 Å². The fourth-order valence-electron chi connectivity index (χ4n) is 3.27. The highest BCUT2D eigenvalue weighted by Crippen LogP contribution is 2.48. The summed E-state index contributed by atoms with van der Waals surface area (Å²) in [5.74, 6) is 1.61. The number of aliphatic hydroxyl groups is 1. The minimum Gasteiger partial charge on any atom is -0.497 e. The summed E-state index contributed by atoms with van der Waals surface area (Å²) in [5.41, 5.74) is -0.518. The first-order valence-corrected chi connectivity index (χ1v) is 8.26. The molecule has 0 amide bonds. The van der Waals surface area contributed by atoms with Gasteiger partial charge in [0.05, 0.1) is 19.3 Å². The minimum atomic E-state index is -0.518. The SMILES string of the molecule is COc1cccc(OCCC2(O)CC3CCC(C2)S3)c1. The molecule has 2 atom stereocenters. The van der Waals surface area contributed by atoms with Crippen LogP contribution in [0.1, 0.15) is 32.1 Å². The van der Waals surface area contributed by atoms with Gasteiger partial charge in [-0.25, -0.2) is 0 Å². The lowest BCUT2D eigenvalue weighted by Gasteiger charge is -2.35. The highest BCUT2D eigenvalue weighted by Gasteiger charge is 2.42. The van der Waals surface area contributed by atoms with Crippen LogP contribution in [-0.4, -0.2) is 34.9 Å². The van der Waals surface area contributed by atoms with E-state index in [9.17, 15) is 5.11 Å². The lowest BCUT2D eigenvalue weighted by molar-refractivity contribution is 0.00410. The van der Waals surface area contributed by atoms with E-state index in [0.29, 0.717) is 17.1 Å². The maximum absolute atomic E-state index is 10.7. The van der Waals surface area contributed by atoms with Crippen molar-refractivity contribution in [1.29, 1.82) is 0 Å². The second kappa shape index (κ2) is 5.86. The molecule has 1 aromatic carbocycles. The van der Waals surface area contributed by atoms with Crippen molar-refractivity contribution in [2.75, 3.05) is 13.7 Å². The summed E-state index contributed by atoms with van der Waals surface area (Å²) in [6, 6.07) is 7.62. The zero-order chi connectivity index (χ0) is 14.0. The summed E-state index contributed by atoms with van der Waals surface area (Å²) < 4.78 is 10.9. The van der Waals surface area contributed by atoms with Gasteiger partial charge in [-0.15, -0.1) is 0 Å². The van der Waals surface area contributed by atoms with Crippen molar-refractivity contribution in [2.45, 2.75) is 48.2 Å². The quantitative estimate of drug-likeness (QED) is 0.904. The van der Waals surface area contributed by atoms with Gasteiger partial charge in [0.1, 0.15) is 11.5 Å². The number of fused-ring (bicyclic) bond motifs is 2. The van der Waals surface area contributed by atoms with E-state index in [1.807, 2.05) is 24.3 Å². The van der Waals surface area contributed by atoms with Gasteiger partial charge in [-0.2, -0.15) is 11.8 Å². The molecule has 1 N–H and O–H groups in total. The number of hydrogen-bond donors (Lipinski definition) is 1. The van der Waals surface area contributed by atoms with E-state index in [-0.39, 0.29) is 0 Å². The summed E-state index contributed by atoms with van der Waals surface area (Å²) in [6.07, 6.45) is 5.12. The molecule has 1 aromatic rings. The minimum absolute atomic E-state index is 0.518. The number of hydrogen-bond acceptors (Lipinski definition) is 4. The van der Waals surface area contributed by atoms with Crippen molar-refractivity contribution in [3.63, 3.8) is 0 Å². The van der Waals surface area contributed by atoms with Gasteiger partial charge in [-0.3, -0.25) is 0 Å². The second-order valence-corrected chi connectivity index (χ2v) is 7.47. The monoisotopic (exact) mass is 294 g/mol. The Hall–Kier alpha value is -0.870. The molecule has 110 valence electrons. The third-order valence-electron chi connectivity index (χ3n) is 4.29. The van der Waals surface area contributed by atoms with Crippen LogP contribution in [0.3, 0.4) is 0 Å². The normalized spacial score (nSPS) is 32.1. The predicted octanol–water partition coefficient (Wildman–Crippen LogP) is 3.25. The second-order valence-electron chi connectivity index (χ2n) is 5.87. The number of methoxy groups -OCH3 is 1. The van der Waals surface area contributed by atoms with Crippen molar-refractivity contribution in [1.82, 2.24) is 0 Å². The van der Waals surface area contributed by atoms with Gasteiger partial charge in [0.15, 0.2) is 0 Å². The molecular formula is C16H22O3S. The fourth-order valence-corrected chi connectivity index (χ4v) is 5.17. The van der Waals surface area contributed by atoms with Crippen molar-refractivity contribution >= 4 is 11.8 Å². The van der Waals surface area contributed by atoms with E-state index >= 15 is 0 Å². The van der Waals surface area contributed by atoms with E-state index in [0.717, 1.165) is 30.8 Å². The average molecular weight is 294 g/mol. The molecule has 3 rings (SSSR count). The molecule has 2 saturated heterocycles. The standard InChI is InChI=1S/C16H22O3S/c1-18-12-3-2-4-13(9-12)19-8-7-16(17)10-14-5-6-15(11-16)20-14/h2-4,9,14-15,17H,5-8,10-11H2,1H3. The van der Waals surface area contributed by atoms with Crippen LogP contribution in [0, 0.1) is 0 Å². The van der Waals surface area contributed by atoms with Crippen LogP contribution in [0.2, 0.25) is 0 Å². The molecule has 2 aliphatic heterocycles. The Morgan fingerprint density at radius 1 is 1.25 bits per heavy atom. The zero-order valence-electron chi connectivity index (χ0n) is 11.9. The molecule has 20 heavy (non-hydrogen) atoms. The molecule has 2 bridgehead atoms. The van der Waals surface area contributed by atoms with Gasteiger partial charge in [0.2, 0.25) is 0 Å². The molecular weight excluding hydrogens is 272 g/mol. The molecule has 3 nitrogen and oxygen atoms in total. The van der Waals surface area contributed by atoms with Gasteiger partial charge in [0.25, 0.3) is 0 Å². The first-order chi connectivity index (χ1) is 9.67. The lowest BCUT2D eigenvalue weighted by atomic mass is 9.90. The number of benzene rings is 1. The summed E-state index contributed by atoms with van der Waals surface area (Å²) >= 11 is 2.07. The zero-order valence-corrected chi connectivity index (χ0v) is 12.7. The van der Waals surface area contributed by atoms with Crippen molar-refractivity contribution in [3.8, 4) is 11.5 Å². The molecule has 0 saturated carbocycles. The third kappa shape index (κ3) is 3.23. The van der Waals surface area contributed by atoms with Crippen LogP contribution >= 0.6 is 11.8 Å². The molecule has 4 heteroatoms. The fraction of sp³-hybridized carbons (Fsp3) is 0.625. The number of thioether (sulfide) groups is 1. The Morgan fingerprint density at radius 3 is 2.65 bits per heavy atom. The summed E-state index contributed by atoms with van der Waals surface area (Å²) in [7, 11) is 1.65. The first-order valence-electron chi connectivity index (χ1n) is 7.32. The van der Waals surface area contributed by atoms with E-state index in [2.05, 4.69) is 11.8 Å². The Morgan fingerprint density at radius 2 is 1.95 bits per heavy atom.